The standard InChI is InChI=1S/C21H39NO/c1-2-20(17-22-14-6-7-15-22)23-21-12-10-19(11-13-21)16-18-8-4-3-5-9-18/h18-21H,2-17H2,1H3. The van der Waals surface area contributed by atoms with Gasteiger partial charge in [-0.25, -0.2) is 0 Å². The SMILES string of the molecule is CCC(CN1CCCC1)OC1CCC(CC2CCCCC2)CC1. The first-order chi connectivity index (χ1) is 11.3. The number of hydrogen-bond donors (Lipinski definition) is 0. The topological polar surface area (TPSA) is 12.5 Å². The van der Waals surface area contributed by atoms with Gasteiger partial charge in [-0.15, -0.1) is 0 Å². The predicted octanol–water partition coefficient (Wildman–Crippen LogP) is 5.41. The van der Waals surface area contributed by atoms with Crippen molar-refractivity contribution in [2.45, 2.75) is 103 Å². The summed E-state index contributed by atoms with van der Waals surface area (Å²) in [6.45, 7) is 6.08. The maximum Gasteiger partial charge on any atom is 0.0703 e. The molecule has 1 atom stereocenters. The molecule has 1 aliphatic heterocycles. The fraction of sp³-hybridized carbons (Fsp3) is 1.00. The molecule has 0 aromatic carbocycles. The van der Waals surface area contributed by atoms with E-state index in [9.17, 15) is 0 Å². The molecule has 2 heteroatoms. The number of likely N-dealkylation sites (tertiary alicyclic amines) is 1. The molecule has 134 valence electrons. The Hall–Kier alpha value is -0.0800. The quantitative estimate of drug-likeness (QED) is 0.622. The van der Waals surface area contributed by atoms with Gasteiger partial charge in [0.05, 0.1) is 12.2 Å². The minimum Gasteiger partial charge on any atom is -0.374 e. The second-order valence-corrected chi connectivity index (χ2v) is 8.56. The minimum atomic E-state index is 0.480. The lowest BCUT2D eigenvalue weighted by molar-refractivity contribution is -0.0501. The first kappa shape index (κ1) is 17.7. The van der Waals surface area contributed by atoms with Gasteiger partial charge < -0.3 is 9.64 Å². The van der Waals surface area contributed by atoms with E-state index in [0.717, 1.165) is 11.8 Å². The van der Waals surface area contributed by atoms with Crippen molar-refractivity contribution in [2.75, 3.05) is 19.6 Å². The van der Waals surface area contributed by atoms with E-state index >= 15 is 0 Å². The van der Waals surface area contributed by atoms with Crippen molar-refractivity contribution in [2.24, 2.45) is 11.8 Å². The Balaban J connectivity index is 1.34. The Bertz CT molecular complexity index is 312. The summed E-state index contributed by atoms with van der Waals surface area (Å²) in [6, 6.07) is 0. The van der Waals surface area contributed by atoms with E-state index in [1.54, 1.807) is 0 Å². The van der Waals surface area contributed by atoms with Gasteiger partial charge in [-0.05, 0) is 76.3 Å². The summed E-state index contributed by atoms with van der Waals surface area (Å²) in [6.07, 6.45) is 19.6. The molecule has 3 aliphatic rings. The summed E-state index contributed by atoms with van der Waals surface area (Å²) in [7, 11) is 0. The van der Waals surface area contributed by atoms with Gasteiger partial charge in [0.15, 0.2) is 0 Å². The Morgan fingerprint density at radius 2 is 1.48 bits per heavy atom. The highest BCUT2D eigenvalue weighted by Gasteiger charge is 2.27. The zero-order valence-electron chi connectivity index (χ0n) is 15.5. The van der Waals surface area contributed by atoms with Crippen LogP contribution in [0, 0.1) is 11.8 Å². The van der Waals surface area contributed by atoms with Gasteiger partial charge in [0.2, 0.25) is 0 Å². The van der Waals surface area contributed by atoms with Gasteiger partial charge >= 0.3 is 0 Å². The molecule has 0 bridgehead atoms. The van der Waals surface area contributed by atoms with Crippen molar-refractivity contribution >= 4 is 0 Å². The molecular formula is C21H39NO. The van der Waals surface area contributed by atoms with E-state index in [4.69, 9.17) is 4.74 Å². The Morgan fingerprint density at radius 3 is 2.13 bits per heavy atom. The average molecular weight is 322 g/mol. The number of nitrogens with zero attached hydrogens (tertiary/aromatic N) is 1. The van der Waals surface area contributed by atoms with Gasteiger partial charge in [0, 0.05) is 6.54 Å². The molecular weight excluding hydrogens is 282 g/mol. The van der Waals surface area contributed by atoms with Crippen LogP contribution in [0.4, 0.5) is 0 Å². The Kier molecular flexibility index (Phi) is 7.26. The largest absolute Gasteiger partial charge is 0.374 e. The molecule has 1 heterocycles. The second-order valence-electron chi connectivity index (χ2n) is 8.56. The van der Waals surface area contributed by atoms with Crippen molar-refractivity contribution in [3.8, 4) is 0 Å². The molecule has 3 fully saturated rings. The highest BCUT2D eigenvalue weighted by atomic mass is 16.5. The fourth-order valence-corrected chi connectivity index (χ4v) is 5.19. The molecule has 0 N–H and O–H groups in total. The third kappa shape index (κ3) is 5.74. The molecule has 3 rings (SSSR count). The van der Waals surface area contributed by atoms with E-state index in [0.29, 0.717) is 12.2 Å². The zero-order chi connectivity index (χ0) is 15.9. The van der Waals surface area contributed by atoms with E-state index in [2.05, 4.69) is 11.8 Å². The van der Waals surface area contributed by atoms with Gasteiger partial charge in [0.1, 0.15) is 0 Å². The van der Waals surface area contributed by atoms with E-state index in [1.807, 2.05) is 0 Å². The first-order valence-electron chi connectivity index (χ1n) is 10.7. The fourth-order valence-electron chi connectivity index (χ4n) is 5.19. The van der Waals surface area contributed by atoms with Crippen LogP contribution in [0.3, 0.4) is 0 Å². The lowest BCUT2D eigenvalue weighted by Gasteiger charge is -2.34. The molecule has 0 radical (unpaired) electrons. The number of rotatable bonds is 7. The lowest BCUT2D eigenvalue weighted by atomic mass is 9.77. The van der Waals surface area contributed by atoms with Crippen molar-refractivity contribution in [1.82, 2.24) is 4.90 Å². The molecule has 2 aliphatic carbocycles. The predicted molar refractivity (Wildman–Crippen MR) is 97.8 cm³/mol. The number of hydrogen-bond acceptors (Lipinski definition) is 2. The van der Waals surface area contributed by atoms with Crippen LogP contribution in [0.15, 0.2) is 0 Å². The van der Waals surface area contributed by atoms with E-state index in [1.165, 1.54) is 103 Å². The van der Waals surface area contributed by atoms with Crippen LogP contribution in [0.5, 0.6) is 0 Å². The normalized spacial score (nSPS) is 32.2. The van der Waals surface area contributed by atoms with Crippen LogP contribution < -0.4 is 0 Å². The molecule has 0 aromatic rings. The van der Waals surface area contributed by atoms with Crippen LogP contribution in [0.25, 0.3) is 0 Å². The molecule has 2 saturated carbocycles. The van der Waals surface area contributed by atoms with Crippen LogP contribution >= 0.6 is 0 Å². The molecule has 0 amide bonds. The van der Waals surface area contributed by atoms with E-state index < -0.39 is 0 Å². The van der Waals surface area contributed by atoms with Gasteiger partial charge in [-0.2, -0.15) is 0 Å². The third-order valence-electron chi connectivity index (χ3n) is 6.69. The maximum atomic E-state index is 6.50. The van der Waals surface area contributed by atoms with Crippen LogP contribution in [0.2, 0.25) is 0 Å². The van der Waals surface area contributed by atoms with Crippen molar-refractivity contribution in [1.29, 1.82) is 0 Å². The van der Waals surface area contributed by atoms with E-state index in [-0.39, 0.29) is 0 Å². The minimum absolute atomic E-state index is 0.480. The number of ether oxygens (including phenoxy) is 1. The van der Waals surface area contributed by atoms with Crippen LogP contribution in [-0.4, -0.2) is 36.7 Å². The molecule has 1 saturated heterocycles. The maximum absolute atomic E-state index is 6.50. The molecule has 1 unspecified atom stereocenters. The Labute approximate surface area is 144 Å². The summed E-state index contributed by atoms with van der Waals surface area (Å²) in [4.78, 5) is 2.61. The zero-order valence-corrected chi connectivity index (χ0v) is 15.5. The second kappa shape index (κ2) is 9.42. The molecule has 0 spiro atoms. The smallest absolute Gasteiger partial charge is 0.0703 e. The van der Waals surface area contributed by atoms with Crippen molar-refractivity contribution in [3.05, 3.63) is 0 Å². The van der Waals surface area contributed by atoms with Crippen molar-refractivity contribution < 1.29 is 4.74 Å². The lowest BCUT2D eigenvalue weighted by Crippen LogP contribution is -2.35. The van der Waals surface area contributed by atoms with Gasteiger partial charge in [-0.1, -0.05) is 39.0 Å². The van der Waals surface area contributed by atoms with Crippen LogP contribution in [-0.2, 0) is 4.74 Å². The summed E-state index contributed by atoms with van der Waals surface area (Å²) in [5.74, 6) is 2.07. The summed E-state index contributed by atoms with van der Waals surface area (Å²) < 4.78 is 6.50. The summed E-state index contributed by atoms with van der Waals surface area (Å²) >= 11 is 0. The first-order valence-corrected chi connectivity index (χ1v) is 10.7. The van der Waals surface area contributed by atoms with Crippen molar-refractivity contribution in [3.63, 3.8) is 0 Å². The molecule has 23 heavy (non-hydrogen) atoms. The highest BCUT2D eigenvalue weighted by Crippen LogP contribution is 2.36. The summed E-state index contributed by atoms with van der Waals surface area (Å²) in [5, 5.41) is 0. The van der Waals surface area contributed by atoms with Gasteiger partial charge in [0.25, 0.3) is 0 Å². The summed E-state index contributed by atoms with van der Waals surface area (Å²) in [5.41, 5.74) is 0. The van der Waals surface area contributed by atoms with Gasteiger partial charge in [-0.3, -0.25) is 0 Å². The average Bonchev–Trinajstić information content (AvgIpc) is 3.10. The monoisotopic (exact) mass is 321 g/mol. The van der Waals surface area contributed by atoms with Crippen LogP contribution in [0.1, 0.15) is 90.4 Å². The third-order valence-corrected chi connectivity index (χ3v) is 6.69. The Morgan fingerprint density at radius 1 is 0.826 bits per heavy atom. The molecule has 0 aromatic heterocycles. The highest BCUT2D eigenvalue weighted by molar-refractivity contribution is 4.79. The molecule has 2 nitrogen and oxygen atoms in total.